The van der Waals surface area contributed by atoms with Gasteiger partial charge in [0.1, 0.15) is 24.4 Å². The van der Waals surface area contributed by atoms with E-state index in [0.717, 1.165) is 44.4 Å². The van der Waals surface area contributed by atoms with Gasteiger partial charge in [-0.05, 0) is 55.3 Å². The predicted molar refractivity (Wildman–Crippen MR) is 230 cm³/mol. The van der Waals surface area contributed by atoms with Gasteiger partial charge in [0.25, 0.3) is 0 Å². The third-order valence-electron chi connectivity index (χ3n) is 13.2. The van der Waals surface area contributed by atoms with Crippen LogP contribution in [-0.2, 0) is 9.47 Å². The highest BCUT2D eigenvalue weighted by atomic mass is 16.7. The van der Waals surface area contributed by atoms with E-state index in [2.05, 4.69) is 46.9 Å². The molecule has 1 saturated carbocycles. The fourth-order valence-corrected chi connectivity index (χ4v) is 8.90. The number of aliphatic hydroxyl groups is 6. The highest BCUT2D eigenvalue weighted by Gasteiger charge is 2.45. The van der Waals surface area contributed by atoms with Gasteiger partial charge in [-0.25, -0.2) is 0 Å². The zero-order valence-electron chi connectivity index (χ0n) is 37.3. The van der Waals surface area contributed by atoms with E-state index in [1.54, 1.807) is 0 Å². The molecule has 0 spiro atoms. The molecule has 1 aliphatic heterocycles. The number of nitrogens with one attached hydrogen (secondary N) is 1. The molecule has 56 heavy (non-hydrogen) atoms. The van der Waals surface area contributed by atoms with Crippen LogP contribution in [-0.4, -0.2) is 98.9 Å². The molecule has 7 N–H and O–H groups in total. The average Bonchev–Trinajstić information content (AvgIpc) is 3.16. The summed E-state index contributed by atoms with van der Waals surface area (Å²) in [7, 11) is 0. The van der Waals surface area contributed by atoms with E-state index in [1.165, 1.54) is 128 Å². The third-order valence-corrected chi connectivity index (χ3v) is 13.2. The maximum Gasteiger partial charge on any atom is 0.186 e. The Morgan fingerprint density at radius 1 is 0.679 bits per heavy atom. The van der Waals surface area contributed by atoms with Gasteiger partial charge in [0, 0.05) is 6.04 Å². The Labute approximate surface area is 344 Å². The number of aliphatic hydroxyl groups excluding tert-OH is 6. The Morgan fingerprint density at radius 3 is 1.66 bits per heavy atom. The van der Waals surface area contributed by atoms with Gasteiger partial charge in [-0.1, -0.05) is 176 Å². The summed E-state index contributed by atoms with van der Waals surface area (Å²) in [5.41, 5.74) is 0.428. The minimum Gasteiger partial charge on any atom is -0.394 e. The summed E-state index contributed by atoms with van der Waals surface area (Å²) in [5.74, 6) is 0.954. The minimum absolute atomic E-state index is 0.0322. The number of hydrogen-bond donors (Lipinski definition) is 7. The summed E-state index contributed by atoms with van der Waals surface area (Å²) < 4.78 is 11.6. The fourth-order valence-electron chi connectivity index (χ4n) is 8.90. The zero-order valence-corrected chi connectivity index (χ0v) is 37.3. The van der Waals surface area contributed by atoms with E-state index in [0.29, 0.717) is 11.8 Å². The van der Waals surface area contributed by atoms with E-state index >= 15 is 0 Å². The molecule has 1 aliphatic carbocycles. The Hall–Kier alpha value is -0.360. The van der Waals surface area contributed by atoms with Crippen LogP contribution in [0.3, 0.4) is 0 Å². The molecular formula is C47H93NO8. The van der Waals surface area contributed by atoms with Crippen LogP contribution in [0.1, 0.15) is 215 Å². The second-order valence-corrected chi connectivity index (χ2v) is 20.0. The third kappa shape index (κ3) is 21.2. The van der Waals surface area contributed by atoms with Crippen molar-refractivity contribution < 1.29 is 40.1 Å². The van der Waals surface area contributed by atoms with Crippen LogP contribution in [0.15, 0.2) is 0 Å². The van der Waals surface area contributed by atoms with Crippen molar-refractivity contribution in [3.8, 4) is 0 Å². The van der Waals surface area contributed by atoms with Crippen molar-refractivity contribution in [1.82, 2.24) is 5.32 Å². The molecule has 0 aromatic rings. The van der Waals surface area contributed by atoms with Crippen molar-refractivity contribution in [2.45, 2.75) is 270 Å². The first-order valence-corrected chi connectivity index (χ1v) is 23.7. The Balaban J connectivity index is 1.83. The van der Waals surface area contributed by atoms with Crippen LogP contribution in [0.4, 0.5) is 0 Å². The summed E-state index contributed by atoms with van der Waals surface area (Å²) in [6, 6.07) is -0.635. The van der Waals surface area contributed by atoms with Gasteiger partial charge in [0.15, 0.2) is 6.29 Å². The highest BCUT2D eigenvalue weighted by molar-refractivity contribution is 4.92. The lowest BCUT2D eigenvalue weighted by atomic mass is 9.72. The summed E-state index contributed by atoms with van der Waals surface area (Å²) in [6.45, 7) is 13.0. The second kappa shape index (κ2) is 29.0. The van der Waals surface area contributed by atoms with Crippen LogP contribution < -0.4 is 5.32 Å². The maximum absolute atomic E-state index is 11.6. The zero-order chi connectivity index (χ0) is 41.4. The predicted octanol–water partition coefficient (Wildman–Crippen LogP) is 9.11. The lowest BCUT2D eigenvalue weighted by molar-refractivity contribution is -0.303. The van der Waals surface area contributed by atoms with Gasteiger partial charge in [-0.3, -0.25) is 0 Å². The Kier molecular flexibility index (Phi) is 26.8. The van der Waals surface area contributed by atoms with E-state index < -0.39 is 55.6 Å². The van der Waals surface area contributed by atoms with Gasteiger partial charge in [-0.2, -0.15) is 0 Å². The van der Waals surface area contributed by atoms with Crippen LogP contribution in [0.5, 0.6) is 0 Å². The summed E-state index contributed by atoms with van der Waals surface area (Å²) in [6.07, 6.45) is 24.3. The average molecular weight is 800 g/mol. The Bertz CT molecular complexity index is 934. The largest absolute Gasteiger partial charge is 0.394 e. The first-order valence-electron chi connectivity index (χ1n) is 23.7. The van der Waals surface area contributed by atoms with Gasteiger partial charge in [-0.15, -0.1) is 0 Å². The number of hydrogen-bond acceptors (Lipinski definition) is 9. The van der Waals surface area contributed by atoms with Crippen molar-refractivity contribution in [3.05, 3.63) is 0 Å². The second-order valence-electron chi connectivity index (χ2n) is 20.0. The van der Waals surface area contributed by atoms with Crippen molar-refractivity contribution in [2.24, 2.45) is 16.7 Å². The molecule has 0 bridgehead atoms. The smallest absolute Gasteiger partial charge is 0.186 e. The molecule has 2 rings (SSSR count). The molecule has 0 aromatic carbocycles. The van der Waals surface area contributed by atoms with E-state index in [1.807, 2.05) is 0 Å². The maximum atomic E-state index is 11.6. The number of ether oxygens (including phenoxy) is 2. The lowest BCUT2D eigenvalue weighted by Gasteiger charge is -2.41. The molecule has 334 valence electrons. The van der Waals surface area contributed by atoms with Gasteiger partial charge in [0.2, 0.25) is 0 Å². The van der Waals surface area contributed by atoms with E-state index in [9.17, 15) is 30.6 Å². The van der Waals surface area contributed by atoms with Crippen LogP contribution >= 0.6 is 0 Å². The van der Waals surface area contributed by atoms with Crippen LogP contribution in [0.2, 0.25) is 0 Å². The molecule has 2 aliphatic rings. The van der Waals surface area contributed by atoms with Crippen LogP contribution in [0.25, 0.3) is 0 Å². The highest BCUT2D eigenvalue weighted by Crippen LogP contribution is 2.39. The van der Waals surface area contributed by atoms with Gasteiger partial charge >= 0.3 is 0 Å². The van der Waals surface area contributed by atoms with E-state index in [4.69, 9.17) is 9.47 Å². The molecule has 0 amide bonds. The number of rotatable bonds is 32. The summed E-state index contributed by atoms with van der Waals surface area (Å²) >= 11 is 0. The quantitative estimate of drug-likeness (QED) is 0.0331. The van der Waals surface area contributed by atoms with Gasteiger partial charge < -0.3 is 45.4 Å². The lowest BCUT2D eigenvalue weighted by Crippen LogP contribution is -2.60. The fraction of sp³-hybridized carbons (Fsp3) is 1.00. The molecule has 9 heteroatoms. The monoisotopic (exact) mass is 800 g/mol. The van der Waals surface area contributed by atoms with Crippen LogP contribution in [0, 0.1) is 16.7 Å². The molecule has 0 aromatic heterocycles. The molecule has 5 unspecified atom stereocenters. The minimum atomic E-state index is -1.55. The standard InChI is InChI=1S/C47H93NO8/c1-7-8-9-10-11-12-13-14-15-19-22-25-28-38(50)41(51)37(35-55-45-44(54)43(53)42(52)39(34-49)56-45)48-40(46(2,3)4)29-26-23-20-17-16-18-21-24-27-36-30-32-47(5,6)33-31-36/h36-45,48-54H,7-35H2,1-6H3/t37-,38+,39?,40-,41-,42?,43?,44?,45?/m0/s1. The molecule has 2 fully saturated rings. The topological polar surface area (TPSA) is 152 Å². The van der Waals surface area contributed by atoms with E-state index in [-0.39, 0.29) is 18.1 Å². The Morgan fingerprint density at radius 2 is 1.16 bits per heavy atom. The SMILES string of the molecule is CCCCCCCCCCCCCC[C@@H](O)[C@@H](O)[C@H](COC1OC(CO)C(O)C(O)C1O)N[C@@H](CCCCCCCCCCC1CCC(C)(C)CC1)C(C)(C)C. The van der Waals surface area contributed by atoms with Crippen molar-refractivity contribution in [2.75, 3.05) is 13.2 Å². The first kappa shape index (κ1) is 51.8. The molecular weight excluding hydrogens is 707 g/mol. The summed E-state index contributed by atoms with van der Waals surface area (Å²) in [4.78, 5) is 0. The molecule has 9 nitrogen and oxygen atoms in total. The first-order chi connectivity index (χ1) is 26.7. The molecule has 1 heterocycles. The van der Waals surface area contributed by atoms with Crippen molar-refractivity contribution >= 4 is 0 Å². The molecule has 1 saturated heterocycles. The number of unbranched alkanes of at least 4 members (excludes halogenated alkanes) is 18. The van der Waals surface area contributed by atoms with Crippen molar-refractivity contribution in [3.63, 3.8) is 0 Å². The molecule has 9 atom stereocenters. The van der Waals surface area contributed by atoms with Crippen molar-refractivity contribution in [1.29, 1.82) is 0 Å². The molecule has 0 radical (unpaired) electrons. The van der Waals surface area contributed by atoms with Gasteiger partial charge in [0.05, 0.1) is 31.5 Å². The normalized spacial score (nSPS) is 25.6. The summed E-state index contributed by atoms with van der Waals surface area (Å²) in [5, 5.41) is 67.3.